The lowest BCUT2D eigenvalue weighted by atomic mass is 9.80. The first-order valence-corrected chi connectivity index (χ1v) is 5.80. The maximum atomic E-state index is 9.79. The van der Waals surface area contributed by atoms with Crippen LogP contribution in [0.5, 0.6) is 5.75 Å². The Morgan fingerprint density at radius 3 is 2.73 bits per heavy atom. The molecule has 0 spiro atoms. The summed E-state index contributed by atoms with van der Waals surface area (Å²) in [6, 6.07) is 5.35. The molecule has 15 heavy (non-hydrogen) atoms. The lowest BCUT2D eigenvalue weighted by Crippen LogP contribution is -2.31. The molecule has 0 aromatic heterocycles. The number of phenolic OH excluding ortho intramolecular Hbond substituents is 1. The van der Waals surface area contributed by atoms with Crippen LogP contribution in [0.25, 0.3) is 0 Å². The van der Waals surface area contributed by atoms with Gasteiger partial charge < -0.3 is 10.8 Å². The molecule has 2 rings (SSSR count). The molecular weight excluding hydrogens is 210 g/mol. The van der Waals surface area contributed by atoms with Gasteiger partial charge in [0.1, 0.15) is 5.75 Å². The van der Waals surface area contributed by atoms with Gasteiger partial charge in [-0.2, -0.15) is 0 Å². The number of aromatic hydroxyl groups is 1. The molecule has 1 saturated carbocycles. The van der Waals surface area contributed by atoms with Crippen LogP contribution in [-0.2, 0) is 0 Å². The maximum absolute atomic E-state index is 9.79. The lowest BCUT2D eigenvalue weighted by molar-refractivity contribution is 0.371. The van der Waals surface area contributed by atoms with Gasteiger partial charge in [0.15, 0.2) is 0 Å². The van der Waals surface area contributed by atoms with Gasteiger partial charge in [-0.15, -0.1) is 0 Å². The average Bonchev–Trinajstić information content (AvgIpc) is 2.23. The van der Waals surface area contributed by atoms with Crippen LogP contribution < -0.4 is 5.73 Å². The molecule has 1 aromatic rings. The Morgan fingerprint density at radius 1 is 1.27 bits per heavy atom. The molecule has 82 valence electrons. The van der Waals surface area contributed by atoms with Crippen LogP contribution in [0.1, 0.15) is 37.2 Å². The van der Waals surface area contributed by atoms with Crippen LogP contribution in [0, 0.1) is 0 Å². The summed E-state index contributed by atoms with van der Waals surface area (Å²) in [5.74, 6) is 0.583. The minimum absolute atomic E-state index is 0.156. The summed E-state index contributed by atoms with van der Waals surface area (Å²) < 4.78 is 0. The standard InChI is InChI=1S/C12H16ClNO/c13-8-5-6-12(15)10(7-8)9-3-1-2-4-11(9)14/h5-7,9,11,15H,1-4,14H2. The minimum Gasteiger partial charge on any atom is -0.508 e. The molecule has 1 aromatic carbocycles. The third-order valence-electron chi connectivity index (χ3n) is 3.21. The lowest BCUT2D eigenvalue weighted by Gasteiger charge is -2.29. The summed E-state index contributed by atoms with van der Waals surface area (Å²) in [6.45, 7) is 0. The zero-order valence-electron chi connectivity index (χ0n) is 8.62. The first-order valence-electron chi connectivity index (χ1n) is 5.42. The van der Waals surface area contributed by atoms with E-state index in [0.29, 0.717) is 10.8 Å². The first kappa shape index (κ1) is 10.8. The topological polar surface area (TPSA) is 46.2 Å². The van der Waals surface area contributed by atoms with Crippen LogP contribution in [0.15, 0.2) is 18.2 Å². The molecular formula is C12H16ClNO. The maximum Gasteiger partial charge on any atom is 0.119 e. The van der Waals surface area contributed by atoms with Crippen molar-refractivity contribution in [1.29, 1.82) is 0 Å². The van der Waals surface area contributed by atoms with E-state index in [9.17, 15) is 5.11 Å². The molecule has 0 radical (unpaired) electrons. The predicted molar refractivity (Wildman–Crippen MR) is 62.3 cm³/mol. The van der Waals surface area contributed by atoms with Crippen molar-refractivity contribution < 1.29 is 5.11 Å². The molecule has 1 aliphatic carbocycles. The molecule has 1 aliphatic rings. The number of halogens is 1. The van der Waals surface area contributed by atoms with Crippen molar-refractivity contribution in [3.05, 3.63) is 28.8 Å². The number of benzene rings is 1. The van der Waals surface area contributed by atoms with Crippen molar-refractivity contribution in [3.8, 4) is 5.75 Å². The molecule has 0 bridgehead atoms. The highest BCUT2D eigenvalue weighted by atomic mass is 35.5. The van der Waals surface area contributed by atoms with E-state index in [1.54, 1.807) is 12.1 Å². The second-order valence-electron chi connectivity index (χ2n) is 4.26. The summed E-state index contributed by atoms with van der Waals surface area (Å²) in [7, 11) is 0. The number of nitrogens with two attached hydrogens (primary N) is 1. The van der Waals surface area contributed by atoms with Crippen LogP contribution in [-0.4, -0.2) is 11.1 Å². The summed E-state index contributed by atoms with van der Waals surface area (Å²) in [5.41, 5.74) is 6.99. The van der Waals surface area contributed by atoms with Gasteiger partial charge in [-0.1, -0.05) is 24.4 Å². The van der Waals surface area contributed by atoms with Crippen LogP contribution >= 0.6 is 11.6 Å². The zero-order chi connectivity index (χ0) is 10.8. The van der Waals surface area contributed by atoms with E-state index in [4.69, 9.17) is 17.3 Å². The van der Waals surface area contributed by atoms with Crippen molar-refractivity contribution in [2.24, 2.45) is 5.73 Å². The largest absolute Gasteiger partial charge is 0.508 e. The Labute approximate surface area is 95.1 Å². The Hall–Kier alpha value is -0.730. The molecule has 0 aliphatic heterocycles. The quantitative estimate of drug-likeness (QED) is 0.772. The molecule has 0 heterocycles. The van der Waals surface area contributed by atoms with Crippen molar-refractivity contribution in [1.82, 2.24) is 0 Å². The third-order valence-corrected chi connectivity index (χ3v) is 3.44. The molecule has 1 fully saturated rings. The van der Waals surface area contributed by atoms with Gasteiger partial charge in [-0.05, 0) is 36.6 Å². The van der Waals surface area contributed by atoms with E-state index >= 15 is 0 Å². The van der Waals surface area contributed by atoms with E-state index in [0.717, 1.165) is 18.4 Å². The van der Waals surface area contributed by atoms with Gasteiger partial charge in [0.2, 0.25) is 0 Å². The third kappa shape index (κ3) is 2.27. The van der Waals surface area contributed by atoms with E-state index in [2.05, 4.69) is 0 Å². The fourth-order valence-electron chi connectivity index (χ4n) is 2.37. The molecule has 2 atom stereocenters. The number of rotatable bonds is 1. The minimum atomic E-state index is 0.156. The van der Waals surface area contributed by atoms with Crippen LogP contribution in [0.2, 0.25) is 5.02 Å². The fraction of sp³-hybridized carbons (Fsp3) is 0.500. The predicted octanol–water partition coefficient (Wildman–Crippen LogP) is 3.03. The normalized spacial score (nSPS) is 26.5. The summed E-state index contributed by atoms with van der Waals surface area (Å²) in [5, 5.41) is 10.5. The molecule has 2 nitrogen and oxygen atoms in total. The van der Waals surface area contributed by atoms with Gasteiger partial charge in [-0.25, -0.2) is 0 Å². The Bertz CT molecular complexity index is 353. The molecule has 0 amide bonds. The van der Waals surface area contributed by atoms with Gasteiger partial charge in [0, 0.05) is 17.0 Å². The van der Waals surface area contributed by atoms with E-state index in [-0.39, 0.29) is 12.0 Å². The highest BCUT2D eigenvalue weighted by Gasteiger charge is 2.25. The zero-order valence-corrected chi connectivity index (χ0v) is 9.37. The van der Waals surface area contributed by atoms with Crippen molar-refractivity contribution >= 4 is 11.6 Å². The number of hydrogen-bond acceptors (Lipinski definition) is 2. The van der Waals surface area contributed by atoms with Gasteiger partial charge >= 0.3 is 0 Å². The van der Waals surface area contributed by atoms with E-state index in [1.165, 1.54) is 12.8 Å². The highest BCUT2D eigenvalue weighted by molar-refractivity contribution is 6.30. The number of hydrogen-bond donors (Lipinski definition) is 2. The second-order valence-corrected chi connectivity index (χ2v) is 4.69. The van der Waals surface area contributed by atoms with Crippen molar-refractivity contribution in [3.63, 3.8) is 0 Å². The summed E-state index contributed by atoms with van der Waals surface area (Å²) in [6.07, 6.45) is 4.47. The number of phenols is 1. The van der Waals surface area contributed by atoms with Crippen molar-refractivity contribution in [2.45, 2.75) is 37.6 Å². The van der Waals surface area contributed by atoms with Crippen LogP contribution in [0.4, 0.5) is 0 Å². The Balaban J connectivity index is 2.30. The van der Waals surface area contributed by atoms with Crippen LogP contribution in [0.3, 0.4) is 0 Å². The Kier molecular flexibility index (Phi) is 3.17. The molecule has 3 heteroatoms. The highest BCUT2D eigenvalue weighted by Crippen LogP contribution is 2.37. The summed E-state index contributed by atoms with van der Waals surface area (Å²) >= 11 is 5.93. The monoisotopic (exact) mass is 225 g/mol. The van der Waals surface area contributed by atoms with Gasteiger partial charge in [0.05, 0.1) is 0 Å². The molecule has 3 N–H and O–H groups in total. The van der Waals surface area contributed by atoms with Gasteiger partial charge in [0.25, 0.3) is 0 Å². The second kappa shape index (κ2) is 4.42. The smallest absolute Gasteiger partial charge is 0.119 e. The summed E-state index contributed by atoms with van der Waals surface area (Å²) in [4.78, 5) is 0. The van der Waals surface area contributed by atoms with E-state index in [1.807, 2.05) is 6.07 Å². The SMILES string of the molecule is NC1CCCCC1c1cc(Cl)ccc1O. The Morgan fingerprint density at radius 2 is 2.00 bits per heavy atom. The molecule has 0 saturated heterocycles. The fourth-order valence-corrected chi connectivity index (χ4v) is 2.55. The average molecular weight is 226 g/mol. The first-order chi connectivity index (χ1) is 7.18. The van der Waals surface area contributed by atoms with Crippen molar-refractivity contribution in [2.75, 3.05) is 0 Å². The van der Waals surface area contributed by atoms with Gasteiger partial charge in [-0.3, -0.25) is 0 Å². The van der Waals surface area contributed by atoms with E-state index < -0.39 is 0 Å². The molecule has 2 unspecified atom stereocenters.